The second kappa shape index (κ2) is 4.90. The van der Waals surface area contributed by atoms with Gasteiger partial charge in [-0.2, -0.15) is 13.2 Å². The van der Waals surface area contributed by atoms with Gasteiger partial charge in [-0.15, -0.1) is 0 Å². The maximum absolute atomic E-state index is 12.4. The van der Waals surface area contributed by atoms with E-state index in [0.29, 0.717) is 19.6 Å². The average Bonchev–Trinajstić information content (AvgIpc) is 2.29. The van der Waals surface area contributed by atoms with Gasteiger partial charge in [-0.25, -0.2) is 0 Å². The van der Waals surface area contributed by atoms with Gasteiger partial charge in [0.25, 0.3) is 0 Å². The zero-order valence-corrected chi connectivity index (χ0v) is 9.96. The maximum Gasteiger partial charge on any atom is 0.416 e. The van der Waals surface area contributed by atoms with Crippen molar-refractivity contribution in [1.82, 2.24) is 0 Å². The van der Waals surface area contributed by atoms with Crippen molar-refractivity contribution in [3.05, 3.63) is 35.4 Å². The summed E-state index contributed by atoms with van der Waals surface area (Å²) in [6, 6.07) is 5.18. The summed E-state index contributed by atoms with van der Waals surface area (Å²) in [5, 5.41) is 0. The first-order valence-corrected chi connectivity index (χ1v) is 5.92. The Bertz CT molecular complexity index is 394. The number of benzene rings is 1. The first-order chi connectivity index (χ1) is 8.39. The Morgan fingerprint density at radius 3 is 2.39 bits per heavy atom. The van der Waals surface area contributed by atoms with Crippen LogP contribution in [0.15, 0.2) is 24.3 Å². The van der Waals surface area contributed by atoms with E-state index >= 15 is 0 Å². The topological polar surface area (TPSA) is 35.2 Å². The fourth-order valence-electron chi connectivity index (χ4n) is 2.23. The van der Waals surface area contributed by atoms with E-state index in [1.165, 1.54) is 12.1 Å². The first kappa shape index (κ1) is 13.4. The molecule has 1 aliphatic heterocycles. The van der Waals surface area contributed by atoms with Gasteiger partial charge in [0.2, 0.25) is 0 Å². The summed E-state index contributed by atoms with van der Waals surface area (Å²) >= 11 is 0. The van der Waals surface area contributed by atoms with Crippen molar-refractivity contribution in [3.63, 3.8) is 0 Å². The normalized spacial score (nSPS) is 25.1. The van der Waals surface area contributed by atoms with Crippen LogP contribution >= 0.6 is 0 Å². The Labute approximate surface area is 104 Å². The third-order valence-electron chi connectivity index (χ3n) is 3.19. The summed E-state index contributed by atoms with van der Waals surface area (Å²) in [6.07, 6.45) is -2.00. The Morgan fingerprint density at radius 2 is 1.89 bits per heavy atom. The Hall–Kier alpha value is -1.07. The predicted molar refractivity (Wildman–Crippen MR) is 62.1 cm³/mol. The van der Waals surface area contributed by atoms with Gasteiger partial charge in [-0.3, -0.25) is 0 Å². The summed E-state index contributed by atoms with van der Waals surface area (Å²) in [4.78, 5) is 0. The second-order valence-electron chi connectivity index (χ2n) is 4.89. The summed E-state index contributed by atoms with van der Waals surface area (Å²) in [5.41, 5.74) is 5.91. The van der Waals surface area contributed by atoms with E-state index in [2.05, 4.69) is 0 Å². The standard InChI is InChI=1S/C13H16F3NO/c14-13(15,16)11-4-2-10(3-5-11)8-12(17)6-1-7-18-9-12/h2-5H,1,6-9,17H2. The smallest absolute Gasteiger partial charge is 0.380 e. The van der Waals surface area contributed by atoms with Crippen molar-refractivity contribution >= 4 is 0 Å². The van der Waals surface area contributed by atoms with Crippen molar-refractivity contribution in [2.24, 2.45) is 5.73 Å². The molecule has 1 aromatic carbocycles. The van der Waals surface area contributed by atoms with Crippen LogP contribution in [0, 0.1) is 0 Å². The molecular weight excluding hydrogens is 243 g/mol. The molecule has 18 heavy (non-hydrogen) atoms. The molecule has 1 atom stereocenters. The van der Waals surface area contributed by atoms with Crippen LogP contribution in [0.25, 0.3) is 0 Å². The molecule has 0 aromatic heterocycles. The molecule has 0 bridgehead atoms. The lowest BCUT2D eigenvalue weighted by Crippen LogP contribution is -2.49. The molecule has 2 rings (SSSR count). The molecule has 1 aliphatic rings. The molecule has 1 saturated heterocycles. The molecule has 0 amide bonds. The van der Waals surface area contributed by atoms with Crippen LogP contribution in [0.4, 0.5) is 13.2 Å². The van der Waals surface area contributed by atoms with E-state index in [0.717, 1.165) is 30.5 Å². The zero-order valence-electron chi connectivity index (χ0n) is 9.96. The monoisotopic (exact) mass is 259 g/mol. The number of hydrogen-bond donors (Lipinski definition) is 1. The lowest BCUT2D eigenvalue weighted by molar-refractivity contribution is -0.137. The first-order valence-electron chi connectivity index (χ1n) is 5.92. The van der Waals surface area contributed by atoms with Crippen molar-refractivity contribution in [2.45, 2.75) is 31.0 Å². The number of hydrogen-bond acceptors (Lipinski definition) is 2. The Balaban J connectivity index is 2.06. The minimum Gasteiger partial charge on any atom is -0.380 e. The van der Waals surface area contributed by atoms with Crippen LogP contribution in [0.5, 0.6) is 0 Å². The number of nitrogens with two attached hydrogens (primary N) is 1. The minimum absolute atomic E-state index is 0.446. The summed E-state index contributed by atoms with van der Waals surface area (Å²) in [5.74, 6) is 0. The molecular formula is C13H16F3NO. The molecule has 0 aliphatic carbocycles. The highest BCUT2D eigenvalue weighted by molar-refractivity contribution is 5.26. The highest BCUT2D eigenvalue weighted by Crippen LogP contribution is 2.30. The Morgan fingerprint density at radius 1 is 1.22 bits per heavy atom. The van der Waals surface area contributed by atoms with E-state index in [-0.39, 0.29) is 0 Å². The fourth-order valence-corrected chi connectivity index (χ4v) is 2.23. The van der Waals surface area contributed by atoms with Crippen LogP contribution < -0.4 is 5.73 Å². The summed E-state index contributed by atoms with van der Waals surface area (Å²) in [6.45, 7) is 1.18. The average molecular weight is 259 g/mol. The van der Waals surface area contributed by atoms with Gasteiger partial charge in [0.1, 0.15) is 0 Å². The quantitative estimate of drug-likeness (QED) is 0.886. The van der Waals surface area contributed by atoms with Gasteiger partial charge in [0.15, 0.2) is 0 Å². The molecule has 1 unspecified atom stereocenters. The van der Waals surface area contributed by atoms with Gasteiger partial charge in [-0.1, -0.05) is 12.1 Å². The van der Waals surface area contributed by atoms with Crippen LogP contribution in [0.3, 0.4) is 0 Å². The van der Waals surface area contributed by atoms with Crippen molar-refractivity contribution in [3.8, 4) is 0 Å². The third-order valence-corrected chi connectivity index (χ3v) is 3.19. The summed E-state index contributed by atoms with van der Waals surface area (Å²) < 4.78 is 42.6. The van der Waals surface area contributed by atoms with Crippen molar-refractivity contribution in [1.29, 1.82) is 0 Å². The largest absolute Gasteiger partial charge is 0.416 e. The highest BCUT2D eigenvalue weighted by Gasteiger charge is 2.31. The van der Waals surface area contributed by atoms with Gasteiger partial charge in [0, 0.05) is 12.1 Å². The zero-order chi connectivity index (χ0) is 13.2. The predicted octanol–water partition coefficient (Wildman–Crippen LogP) is 2.76. The molecule has 1 aromatic rings. The van der Waals surface area contributed by atoms with Gasteiger partial charge < -0.3 is 10.5 Å². The molecule has 1 fully saturated rings. The molecule has 100 valence electrons. The lowest BCUT2D eigenvalue weighted by atomic mass is 9.86. The van der Waals surface area contributed by atoms with E-state index in [4.69, 9.17) is 10.5 Å². The van der Waals surface area contributed by atoms with Crippen LogP contribution in [-0.2, 0) is 17.3 Å². The lowest BCUT2D eigenvalue weighted by Gasteiger charge is -2.33. The molecule has 5 heteroatoms. The third kappa shape index (κ3) is 3.23. The van der Waals surface area contributed by atoms with Crippen molar-refractivity contribution < 1.29 is 17.9 Å². The number of halogens is 3. The number of alkyl halides is 3. The number of rotatable bonds is 2. The van der Waals surface area contributed by atoms with Crippen LogP contribution in [-0.4, -0.2) is 18.8 Å². The minimum atomic E-state index is -4.28. The van der Waals surface area contributed by atoms with E-state index in [1.807, 2.05) is 0 Å². The van der Waals surface area contributed by atoms with Gasteiger partial charge >= 0.3 is 6.18 Å². The van der Waals surface area contributed by atoms with Crippen LogP contribution in [0.1, 0.15) is 24.0 Å². The molecule has 1 heterocycles. The van der Waals surface area contributed by atoms with E-state index < -0.39 is 17.3 Å². The fraction of sp³-hybridized carbons (Fsp3) is 0.538. The van der Waals surface area contributed by atoms with Gasteiger partial charge in [-0.05, 0) is 37.0 Å². The second-order valence-corrected chi connectivity index (χ2v) is 4.89. The van der Waals surface area contributed by atoms with Crippen LogP contribution in [0.2, 0.25) is 0 Å². The maximum atomic E-state index is 12.4. The highest BCUT2D eigenvalue weighted by atomic mass is 19.4. The number of ether oxygens (including phenoxy) is 1. The molecule has 0 saturated carbocycles. The summed E-state index contributed by atoms with van der Waals surface area (Å²) in [7, 11) is 0. The van der Waals surface area contributed by atoms with E-state index in [9.17, 15) is 13.2 Å². The molecule has 2 nitrogen and oxygen atoms in total. The van der Waals surface area contributed by atoms with Gasteiger partial charge in [0.05, 0.1) is 12.2 Å². The van der Waals surface area contributed by atoms with Crippen molar-refractivity contribution in [2.75, 3.05) is 13.2 Å². The molecule has 2 N–H and O–H groups in total. The van der Waals surface area contributed by atoms with E-state index in [1.54, 1.807) is 0 Å². The Kier molecular flexibility index (Phi) is 3.64. The SMILES string of the molecule is NC1(Cc2ccc(C(F)(F)F)cc2)CCCOC1. The molecule has 0 radical (unpaired) electrons. The molecule has 0 spiro atoms.